The molecule has 0 heterocycles. The Morgan fingerprint density at radius 3 is 1.62 bits per heavy atom. The summed E-state index contributed by atoms with van der Waals surface area (Å²) in [5.74, 6) is -0.654. The average molecular weight is 226 g/mol. The number of esters is 2. The van der Waals surface area contributed by atoms with Crippen LogP contribution in [0.1, 0.15) is 39.5 Å². The summed E-state index contributed by atoms with van der Waals surface area (Å²) in [6.45, 7) is 2.75. The molecule has 0 bridgehead atoms. The van der Waals surface area contributed by atoms with E-state index in [2.05, 4.69) is 12.2 Å². The molecule has 1 aliphatic rings. The lowest BCUT2D eigenvalue weighted by Crippen LogP contribution is -2.34. The molecule has 1 aliphatic carbocycles. The van der Waals surface area contributed by atoms with Crippen molar-refractivity contribution in [2.24, 2.45) is 0 Å². The third-order valence-corrected chi connectivity index (χ3v) is 2.45. The number of rotatable bonds is 2. The molecule has 0 spiro atoms. The molecule has 4 heteroatoms. The summed E-state index contributed by atoms with van der Waals surface area (Å²) in [5, 5.41) is 0. The number of allylic oxidation sites excluding steroid dienone is 2. The highest BCUT2D eigenvalue weighted by Gasteiger charge is 2.26. The molecular weight excluding hydrogens is 208 g/mol. The van der Waals surface area contributed by atoms with Gasteiger partial charge in [0.15, 0.2) is 0 Å². The maximum Gasteiger partial charge on any atom is 0.303 e. The fourth-order valence-corrected chi connectivity index (χ4v) is 1.82. The van der Waals surface area contributed by atoms with Crippen LogP contribution in [0.2, 0.25) is 0 Å². The van der Waals surface area contributed by atoms with E-state index in [0.717, 1.165) is 12.8 Å². The fourth-order valence-electron chi connectivity index (χ4n) is 1.82. The Balaban J connectivity index is 2.65. The predicted molar refractivity (Wildman–Crippen MR) is 58.7 cm³/mol. The van der Waals surface area contributed by atoms with Crippen molar-refractivity contribution in [2.75, 3.05) is 0 Å². The third-order valence-electron chi connectivity index (χ3n) is 2.45. The largest absolute Gasteiger partial charge is 0.459 e. The Bertz CT molecular complexity index is 255. The molecule has 1 rings (SSSR count). The van der Waals surface area contributed by atoms with E-state index >= 15 is 0 Å². The number of carbonyl (C=O) groups is 2. The monoisotopic (exact) mass is 226 g/mol. The van der Waals surface area contributed by atoms with Gasteiger partial charge in [-0.1, -0.05) is 12.2 Å². The van der Waals surface area contributed by atoms with Crippen LogP contribution < -0.4 is 0 Å². The lowest BCUT2D eigenvalue weighted by molar-refractivity contribution is -0.166. The molecule has 16 heavy (non-hydrogen) atoms. The Kier molecular flexibility index (Phi) is 5.02. The van der Waals surface area contributed by atoms with E-state index in [4.69, 9.17) is 9.47 Å². The number of ether oxygens (including phenoxy) is 2. The minimum Gasteiger partial charge on any atom is -0.459 e. The zero-order chi connectivity index (χ0) is 12.0. The Hall–Kier alpha value is -1.32. The quantitative estimate of drug-likeness (QED) is 0.533. The molecule has 0 aromatic heterocycles. The van der Waals surface area contributed by atoms with Crippen LogP contribution in [-0.2, 0) is 19.1 Å². The number of carbonyl (C=O) groups excluding carboxylic acids is 2. The van der Waals surface area contributed by atoms with Gasteiger partial charge in [-0.2, -0.15) is 0 Å². The van der Waals surface area contributed by atoms with E-state index in [1.807, 2.05) is 0 Å². The maximum absolute atomic E-state index is 11.0. The summed E-state index contributed by atoms with van der Waals surface area (Å²) in [6, 6.07) is 0. The highest BCUT2D eigenvalue weighted by atomic mass is 16.6. The molecule has 0 aromatic carbocycles. The summed E-state index contributed by atoms with van der Waals surface area (Å²) in [6.07, 6.45) is 6.60. The summed E-state index contributed by atoms with van der Waals surface area (Å²) >= 11 is 0. The summed E-state index contributed by atoms with van der Waals surface area (Å²) in [5.41, 5.74) is 0. The first-order valence-electron chi connectivity index (χ1n) is 5.59. The first-order chi connectivity index (χ1) is 7.59. The van der Waals surface area contributed by atoms with Crippen LogP contribution in [-0.4, -0.2) is 24.1 Å². The zero-order valence-corrected chi connectivity index (χ0v) is 9.77. The van der Waals surface area contributed by atoms with E-state index in [9.17, 15) is 9.59 Å². The van der Waals surface area contributed by atoms with Crippen molar-refractivity contribution in [1.29, 1.82) is 0 Å². The Morgan fingerprint density at radius 2 is 1.31 bits per heavy atom. The minimum atomic E-state index is -0.327. The molecule has 0 aromatic rings. The zero-order valence-electron chi connectivity index (χ0n) is 9.77. The normalized spacial score (nSPS) is 27.4. The molecule has 0 saturated heterocycles. The second-order valence-electron chi connectivity index (χ2n) is 3.92. The second-order valence-corrected chi connectivity index (χ2v) is 3.92. The third kappa shape index (κ3) is 4.47. The number of hydrogen-bond donors (Lipinski definition) is 0. The van der Waals surface area contributed by atoms with Crippen molar-refractivity contribution >= 4 is 11.9 Å². The number of hydrogen-bond acceptors (Lipinski definition) is 4. The van der Waals surface area contributed by atoms with E-state index in [-0.39, 0.29) is 24.1 Å². The highest BCUT2D eigenvalue weighted by Crippen LogP contribution is 2.19. The van der Waals surface area contributed by atoms with E-state index < -0.39 is 0 Å². The van der Waals surface area contributed by atoms with Crippen LogP contribution in [0.3, 0.4) is 0 Å². The van der Waals surface area contributed by atoms with Crippen LogP contribution in [0.5, 0.6) is 0 Å². The van der Waals surface area contributed by atoms with Crippen LogP contribution in [0.25, 0.3) is 0 Å². The van der Waals surface area contributed by atoms with Gasteiger partial charge in [-0.15, -0.1) is 0 Å². The van der Waals surface area contributed by atoms with Crippen LogP contribution in [0, 0.1) is 0 Å². The van der Waals surface area contributed by atoms with Gasteiger partial charge in [0.05, 0.1) is 0 Å². The van der Waals surface area contributed by atoms with Crippen LogP contribution >= 0.6 is 0 Å². The van der Waals surface area contributed by atoms with Gasteiger partial charge in [-0.3, -0.25) is 9.59 Å². The molecule has 90 valence electrons. The SMILES string of the molecule is CC(=O)O[C@@H]1CC/C=C\CC[C@H]1OC(C)=O. The topological polar surface area (TPSA) is 52.6 Å². The van der Waals surface area contributed by atoms with E-state index in [1.165, 1.54) is 13.8 Å². The van der Waals surface area contributed by atoms with Crippen molar-refractivity contribution in [3.8, 4) is 0 Å². The van der Waals surface area contributed by atoms with Crippen LogP contribution in [0.15, 0.2) is 12.2 Å². The molecule has 0 fully saturated rings. The van der Waals surface area contributed by atoms with Gasteiger partial charge in [-0.25, -0.2) is 0 Å². The first-order valence-corrected chi connectivity index (χ1v) is 5.59. The molecule has 0 amide bonds. The standard InChI is InChI=1S/C12H18O4/c1-9(13)15-11-7-5-3-4-6-8-12(11)16-10(2)14/h3-4,11-12H,5-8H2,1-2H3/b4-3-/t11-,12-/m1/s1. The first kappa shape index (κ1) is 12.7. The van der Waals surface area contributed by atoms with Gasteiger partial charge in [0.25, 0.3) is 0 Å². The molecule has 0 saturated carbocycles. The van der Waals surface area contributed by atoms with Gasteiger partial charge >= 0.3 is 11.9 Å². The molecule has 0 unspecified atom stereocenters. The van der Waals surface area contributed by atoms with Gasteiger partial charge in [0.2, 0.25) is 0 Å². The maximum atomic E-state index is 11.0. The van der Waals surface area contributed by atoms with Crippen molar-refractivity contribution in [3.05, 3.63) is 12.2 Å². The predicted octanol–water partition coefficient (Wildman–Crippen LogP) is 1.98. The van der Waals surface area contributed by atoms with Gasteiger partial charge < -0.3 is 9.47 Å². The molecule has 0 aliphatic heterocycles. The van der Waals surface area contributed by atoms with Crippen molar-refractivity contribution in [1.82, 2.24) is 0 Å². The summed E-state index contributed by atoms with van der Waals surface area (Å²) < 4.78 is 10.4. The van der Waals surface area contributed by atoms with E-state index in [0.29, 0.717) is 12.8 Å². The summed E-state index contributed by atoms with van der Waals surface area (Å²) in [7, 11) is 0. The molecule has 4 nitrogen and oxygen atoms in total. The van der Waals surface area contributed by atoms with Crippen molar-refractivity contribution in [2.45, 2.75) is 51.7 Å². The van der Waals surface area contributed by atoms with Gasteiger partial charge in [0, 0.05) is 13.8 Å². The molecule has 0 radical (unpaired) electrons. The molecular formula is C12H18O4. The van der Waals surface area contributed by atoms with E-state index in [1.54, 1.807) is 0 Å². The van der Waals surface area contributed by atoms with Crippen molar-refractivity contribution < 1.29 is 19.1 Å². The average Bonchev–Trinajstić information content (AvgIpc) is 2.15. The summed E-state index contributed by atoms with van der Waals surface area (Å²) in [4.78, 5) is 21.9. The highest BCUT2D eigenvalue weighted by molar-refractivity contribution is 5.67. The van der Waals surface area contributed by atoms with Gasteiger partial charge in [-0.05, 0) is 25.7 Å². The second kappa shape index (κ2) is 6.30. The van der Waals surface area contributed by atoms with Crippen molar-refractivity contribution in [3.63, 3.8) is 0 Å². The van der Waals surface area contributed by atoms with Crippen LogP contribution in [0.4, 0.5) is 0 Å². The molecule has 2 atom stereocenters. The fraction of sp³-hybridized carbons (Fsp3) is 0.667. The lowest BCUT2D eigenvalue weighted by Gasteiger charge is -2.26. The smallest absolute Gasteiger partial charge is 0.303 e. The Morgan fingerprint density at radius 1 is 0.938 bits per heavy atom. The minimum absolute atomic E-state index is 0.314. The molecule has 0 N–H and O–H groups in total. The lowest BCUT2D eigenvalue weighted by atomic mass is 10.00. The van der Waals surface area contributed by atoms with Gasteiger partial charge in [0.1, 0.15) is 12.2 Å². The Labute approximate surface area is 95.6 Å².